The van der Waals surface area contributed by atoms with Crippen molar-refractivity contribution in [2.45, 2.75) is 30.7 Å². The van der Waals surface area contributed by atoms with Crippen LogP contribution in [0.15, 0.2) is 39.5 Å². The number of phenolic OH excluding ortho intramolecular Hbond substituents is 4. The van der Waals surface area contributed by atoms with Crippen LogP contribution < -0.4 is 10.2 Å². The Balaban J connectivity index is 1.75. The van der Waals surface area contributed by atoms with E-state index in [2.05, 4.69) is 0 Å². The molecule has 4 rings (SSSR count). The summed E-state index contributed by atoms with van der Waals surface area (Å²) < 4.78 is 16.2. The van der Waals surface area contributed by atoms with Gasteiger partial charge in [-0.25, -0.2) is 0 Å². The van der Waals surface area contributed by atoms with E-state index in [0.29, 0.717) is 0 Å². The number of ether oxygens (including phenoxy) is 2. The van der Waals surface area contributed by atoms with Crippen molar-refractivity contribution in [3.63, 3.8) is 0 Å². The van der Waals surface area contributed by atoms with Gasteiger partial charge in [0.1, 0.15) is 52.6 Å². The molecule has 1 aliphatic heterocycles. The lowest BCUT2D eigenvalue weighted by atomic mass is 9.99. The minimum absolute atomic E-state index is 0.0201. The number of fused-ring (bicyclic) bond motifs is 1. The number of aliphatic hydroxyl groups is 4. The van der Waals surface area contributed by atoms with Crippen molar-refractivity contribution < 1.29 is 54.7 Å². The summed E-state index contributed by atoms with van der Waals surface area (Å²) in [6.45, 7) is -0.704. The molecule has 1 saturated heterocycles. The van der Waals surface area contributed by atoms with Crippen molar-refractivity contribution >= 4 is 11.0 Å². The number of rotatable bonds is 4. The number of aliphatic hydroxyl groups excluding tert-OH is 4. The van der Waals surface area contributed by atoms with Gasteiger partial charge in [-0.2, -0.15) is 0 Å². The van der Waals surface area contributed by atoms with Gasteiger partial charge in [0.05, 0.1) is 6.61 Å². The highest BCUT2D eigenvalue weighted by Gasteiger charge is 2.45. The quantitative estimate of drug-likeness (QED) is 0.229. The first-order valence-electron chi connectivity index (χ1n) is 9.64. The average molecular weight is 464 g/mol. The highest BCUT2D eigenvalue weighted by Crippen LogP contribution is 2.41. The van der Waals surface area contributed by atoms with E-state index in [1.54, 1.807) is 0 Å². The number of hydrogen-bond donors (Lipinski definition) is 8. The molecule has 12 heteroatoms. The van der Waals surface area contributed by atoms with Gasteiger partial charge in [0.25, 0.3) is 0 Å². The van der Waals surface area contributed by atoms with Crippen molar-refractivity contribution in [3.05, 3.63) is 40.6 Å². The Labute approximate surface area is 184 Å². The van der Waals surface area contributed by atoms with Crippen molar-refractivity contribution in [2.24, 2.45) is 0 Å². The first-order valence-corrected chi connectivity index (χ1v) is 9.64. The van der Waals surface area contributed by atoms with Gasteiger partial charge in [0.2, 0.25) is 12.0 Å². The van der Waals surface area contributed by atoms with Crippen LogP contribution in [-0.4, -0.2) is 78.2 Å². The summed E-state index contributed by atoms with van der Waals surface area (Å²) in [5, 5.41) is 78.9. The molecule has 0 saturated carbocycles. The molecule has 12 nitrogen and oxygen atoms in total. The summed E-state index contributed by atoms with van der Waals surface area (Å²) in [4.78, 5) is 12.5. The van der Waals surface area contributed by atoms with Crippen molar-refractivity contribution in [1.82, 2.24) is 0 Å². The van der Waals surface area contributed by atoms with Gasteiger partial charge in [-0.05, 0) is 12.1 Å². The zero-order chi connectivity index (χ0) is 24.0. The standard InChI is InChI=1S/C21H20O12/c22-6-15-18(28)19(29)20(30)21(33-15)32-14-2-7(1-11(26)17(14)27)12-5-10(25)16-9(24)3-8(23)4-13(16)31-12/h1-5,15,18-24,26-30H,6H2/t15?,18-,19?,20?,21-/m1/s1. The van der Waals surface area contributed by atoms with Gasteiger partial charge >= 0.3 is 0 Å². The van der Waals surface area contributed by atoms with E-state index in [1.807, 2.05) is 0 Å². The van der Waals surface area contributed by atoms with E-state index in [4.69, 9.17) is 13.9 Å². The van der Waals surface area contributed by atoms with Crippen LogP contribution in [0.3, 0.4) is 0 Å². The zero-order valence-corrected chi connectivity index (χ0v) is 16.7. The van der Waals surface area contributed by atoms with Crippen LogP contribution in [0.2, 0.25) is 0 Å². The molecule has 0 spiro atoms. The van der Waals surface area contributed by atoms with Crippen LogP contribution in [0.5, 0.6) is 28.7 Å². The van der Waals surface area contributed by atoms with Crippen molar-refractivity contribution in [3.8, 4) is 40.1 Å². The molecule has 0 aliphatic carbocycles. The monoisotopic (exact) mass is 464 g/mol. The van der Waals surface area contributed by atoms with Crippen molar-refractivity contribution in [2.75, 3.05) is 6.61 Å². The third-order valence-electron chi connectivity index (χ3n) is 5.23. The summed E-state index contributed by atoms with van der Waals surface area (Å²) >= 11 is 0. The zero-order valence-electron chi connectivity index (χ0n) is 16.7. The molecule has 2 aromatic carbocycles. The lowest BCUT2D eigenvalue weighted by Gasteiger charge is -2.39. The van der Waals surface area contributed by atoms with Crippen LogP contribution in [0.1, 0.15) is 0 Å². The number of phenols is 4. The molecule has 8 N–H and O–H groups in total. The van der Waals surface area contributed by atoms with Crippen LogP contribution in [-0.2, 0) is 4.74 Å². The molecule has 3 unspecified atom stereocenters. The van der Waals surface area contributed by atoms with Crippen molar-refractivity contribution in [1.29, 1.82) is 0 Å². The Morgan fingerprint density at radius 3 is 2.30 bits per heavy atom. The SMILES string of the molecule is O=c1cc(-c2cc(O)c(O)c(O[C@@H]3OC(CO)[C@@H](O)C(O)C3O)c2)oc2cc(O)cc(O)c12. The second-order valence-electron chi connectivity index (χ2n) is 7.47. The second kappa shape index (κ2) is 8.42. The Morgan fingerprint density at radius 1 is 0.879 bits per heavy atom. The first kappa shape index (κ1) is 22.6. The highest BCUT2D eigenvalue weighted by molar-refractivity contribution is 5.86. The summed E-state index contributed by atoms with van der Waals surface area (Å²) in [5.41, 5.74) is -0.793. The lowest BCUT2D eigenvalue weighted by Crippen LogP contribution is -2.60. The third-order valence-corrected chi connectivity index (χ3v) is 5.23. The van der Waals surface area contributed by atoms with Gasteiger partial charge < -0.3 is 54.7 Å². The molecule has 1 fully saturated rings. The van der Waals surface area contributed by atoms with E-state index >= 15 is 0 Å². The fourth-order valence-corrected chi connectivity index (χ4v) is 3.51. The van der Waals surface area contributed by atoms with Gasteiger partial charge in [0, 0.05) is 23.8 Å². The fourth-order valence-electron chi connectivity index (χ4n) is 3.51. The topological polar surface area (TPSA) is 211 Å². The smallest absolute Gasteiger partial charge is 0.229 e. The normalized spacial score (nSPS) is 25.3. The van der Waals surface area contributed by atoms with Gasteiger partial charge in [0.15, 0.2) is 16.9 Å². The average Bonchev–Trinajstić information content (AvgIpc) is 2.76. The molecule has 3 aromatic rings. The minimum Gasteiger partial charge on any atom is -0.508 e. The van der Waals surface area contributed by atoms with Gasteiger partial charge in [-0.3, -0.25) is 4.79 Å². The Kier molecular flexibility index (Phi) is 5.78. The summed E-state index contributed by atoms with van der Waals surface area (Å²) in [6.07, 6.45) is -8.07. The van der Waals surface area contributed by atoms with E-state index in [1.165, 1.54) is 0 Å². The molecule has 0 radical (unpaired) electrons. The highest BCUT2D eigenvalue weighted by atomic mass is 16.7. The van der Waals surface area contributed by atoms with Crippen LogP contribution in [0.4, 0.5) is 0 Å². The second-order valence-corrected chi connectivity index (χ2v) is 7.47. The number of aromatic hydroxyl groups is 4. The van der Waals surface area contributed by atoms with E-state index < -0.39 is 65.7 Å². The third kappa shape index (κ3) is 4.01. The molecular weight excluding hydrogens is 444 g/mol. The summed E-state index contributed by atoms with van der Waals surface area (Å²) in [5.74, 6) is -2.91. The first-order chi connectivity index (χ1) is 15.6. The van der Waals surface area contributed by atoms with Crippen LogP contribution in [0, 0.1) is 0 Å². The summed E-state index contributed by atoms with van der Waals surface area (Å²) in [6, 6.07) is 5.25. The van der Waals surface area contributed by atoms with Gasteiger partial charge in [-0.15, -0.1) is 0 Å². The molecule has 0 amide bonds. The number of benzene rings is 2. The lowest BCUT2D eigenvalue weighted by molar-refractivity contribution is -0.277. The molecule has 2 heterocycles. The predicted molar refractivity (Wildman–Crippen MR) is 109 cm³/mol. The molecule has 0 bridgehead atoms. The Morgan fingerprint density at radius 2 is 1.61 bits per heavy atom. The fraction of sp³-hybridized carbons (Fsp3) is 0.286. The molecular formula is C21H20O12. The minimum atomic E-state index is -1.78. The predicted octanol–water partition coefficient (Wildman–Crippen LogP) is -0.539. The summed E-state index contributed by atoms with van der Waals surface area (Å²) in [7, 11) is 0. The Bertz CT molecular complexity index is 1250. The maximum atomic E-state index is 12.5. The van der Waals surface area contributed by atoms with Gasteiger partial charge in [-0.1, -0.05) is 0 Å². The van der Waals surface area contributed by atoms with Crippen LogP contribution in [0.25, 0.3) is 22.3 Å². The molecule has 1 aliphatic rings. The number of hydrogen-bond acceptors (Lipinski definition) is 12. The maximum Gasteiger partial charge on any atom is 0.229 e. The van der Waals surface area contributed by atoms with Crippen LogP contribution >= 0.6 is 0 Å². The largest absolute Gasteiger partial charge is 0.508 e. The molecule has 33 heavy (non-hydrogen) atoms. The molecule has 1 aromatic heterocycles. The van der Waals surface area contributed by atoms with E-state index in [0.717, 1.165) is 30.3 Å². The Hall–Kier alpha value is -3.55. The van der Waals surface area contributed by atoms with E-state index in [-0.39, 0.29) is 28.0 Å². The van der Waals surface area contributed by atoms with E-state index in [9.17, 15) is 45.6 Å². The maximum absolute atomic E-state index is 12.5. The molecule has 5 atom stereocenters. The molecule has 176 valence electrons.